The molecule has 0 radical (unpaired) electrons. The topological polar surface area (TPSA) is 51.9 Å². The van der Waals surface area contributed by atoms with Crippen molar-refractivity contribution < 1.29 is 0 Å². The number of anilines is 1. The maximum atomic E-state index is 12.2. The number of aromatic nitrogens is 3. The number of nitrogens with one attached hydrogen (secondary N) is 1. The van der Waals surface area contributed by atoms with Crippen molar-refractivity contribution in [2.24, 2.45) is 7.05 Å². The number of nitrogens with zero attached hydrogens (tertiary/aromatic N) is 3. The largest absolute Gasteiger partial charge is 0.375 e. The summed E-state index contributed by atoms with van der Waals surface area (Å²) in [6, 6.07) is 3.75. The predicted octanol–water partition coefficient (Wildman–Crippen LogP) is 2.09. The SMILES string of the molecule is CCn1cccc(NCc2c3c(nn2C)CCCC3)c1=O. The van der Waals surface area contributed by atoms with Gasteiger partial charge < -0.3 is 9.88 Å². The Morgan fingerprint density at radius 3 is 2.95 bits per heavy atom. The van der Waals surface area contributed by atoms with Gasteiger partial charge in [0.05, 0.1) is 17.9 Å². The van der Waals surface area contributed by atoms with Crippen LogP contribution in [-0.2, 0) is 33.0 Å². The molecule has 1 aliphatic carbocycles. The van der Waals surface area contributed by atoms with Gasteiger partial charge in [-0.2, -0.15) is 5.10 Å². The zero-order valence-corrected chi connectivity index (χ0v) is 12.7. The molecule has 0 aliphatic heterocycles. The number of hydrogen-bond donors (Lipinski definition) is 1. The first-order chi connectivity index (χ1) is 10.2. The van der Waals surface area contributed by atoms with Gasteiger partial charge in [0.2, 0.25) is 0 Å². The van der Waals surface area contributed by atoms with E-state index < -0.39 is 0 Å². The van der Waals surface area contributed by atoms with Gasteiger partial charge in [-0.3, -0.25) is 9.48 Å². The normalized spacial score (nSPS) is 14.0. The van der Waals surface area contributed by atoms with Gasteiger partial charge >= 0.3 is 0 Å². The molecule has 21 heavy (non-hydrogen) atoms. The lowest BCUT2D eigenvalue weighted by Gasteiger charge is -2.13. The van der Waals surface area contributed by atoms with E-state index in [1.807, 2.05) is 37.0 Å². The Hall–Kier alpha value is -2.04. The molecule has 0 saturated heterocycles. The molecule has 0 amide bonds. The first-order valence-corrected chi connectivity index (χ1v) is 7.67. The van der Waals surface area contributed by atoms with Crippen LogP contribution in [0.4, 0.5) is 5.69 Å². The van der Waals surface area contributed by atoms with Gasteiger partial charge in [0.25, 0.3) is 5.56 Å². The molecule has 0 saturated carbocycles. The third-order valence-electron chi connectivity index (χ3n) is 4.26. The lowest BCUT2D eigenvalue weighted by molar-refractivity contribution is 0.664. The second-order valence-electron chi connectivity index (χ2n) is 5.57. The van der Waals surface area contributed by atoms with Crippen molar-refractivity contribution in [3.05, 3.63) is 45.6 Å². The van der Waals surface area contributed by atoms with Crippen LogP contribution in [-0.4, -0.2) is 14.3 Å². The molecule has 2 heterocycles. The van der Waals surface area contributed by atoms with Crippen LogP contribution in [0.3, 0.4) is 0 Å². The molecule has 112 valence electrons. The molecule has 0 unspecified atom stereocenters. The summed E-state index contributed by atoms with van der Waals surface area (Å²) in [4.78, 5) is 12.2. The molecule has 2 aromatic rings. The van der Waals surface area contributed by atoms with Gasteiger partial charge in [-0.15, -0.1) is 0 Å². The fourth-order valence-electron chi connectivity index (χ4n) is 3.07. The third kappa shape index (κ3) is 2.60. The Morgan fingerprint density at radius 1 is 1.33 bits per heavy atom. The molecule has 5 heteroatoms. The Bertz CT molecular complexity index is 699. The minimum absolute atomic E-state index is 0.0380. The fourth-order valence-corrected chi connectivity index (χ4v) is 3.07. The molecular formula is C16H22N4O. The van der Waals surface area contributed by atoms with Gasteiger partial charge in [0, 0.05) is 19.8 Å². The smallest absolute Gasteiger partial charge is 0.273 e. The highest BCUT2D eigenvalue weighted by Crippen LogP contribution is 2.24. The molecule has 1 aliphatic rings. The van der Waals surface area contributed by atoms with E-state index in [0.29, 0.717) is 18.8 Å². The highest BCUT2D eigenvalue weighted by Gasteiger charge is 2.19. The number of rotatable bonds is 4. The molecule has 1 N–H and O–H groups in total. The molecular weight excluding hydrogens is 264 g/mol. The Kier molecular flexibility index (Phi) is 3.82. The molecule has 0 bridgehead atoms. The molecule has 3 rings (SSSR count). The molecule has 0 fully saturated rings. The standard InChI is InChI=1S/C16H22N4O/c1-3-20-10-6-9-14(16(20)21)17-11-15-12-7-4-5-8-13(12)18-19(15)2/h6,9-10,17H,3-5,7-8,11H2,1-2H3. The van der Waals surface area contributed by atoms with Crippen LogP contribution in [0, 0.1) is 0 Å². The van der Waals surface area contributed by atoms with Crippen molar-refractivity contribution in [1.29, 1.82) is 0 Å². The number of aryl methyl sites for hydroxylation is 3. The van der Waals surface area contributed by atoms with Crippen LogP contribution in [0.25, 0.3) is 0 Å². The maximum Gasteiger partial charge on any atom is 0.273 e. The summed E-state index contributed by atoms with van der Waals surface area (Å²) in [5.74, 6) is 0. The lowest BCUT2D eigenvalue weighted by atomic mass is 9.96. The van der Waals surface area contributed by atoms with Gasteiger partial charge in [-0.1, -0.05) is 0 Å². The second-order valence-corrected chi connectivity index (χ2v) is 5.57. The van der Waals surface area contributed by atoms with E-state index in [1.54, 1.807) is 4.57 Å². The highest BCUT2D eigenvalue weighted by molar-refractivity contribution is 5.42. The number of hydrogen-bond acceptors (Lipinski definition) is 3. The van der Waals surface area contributed by atoms with E-state index in [0.717, 1.165) is 12.8 Å². The molecule has 0 atom stereocenters. The zero-order valence-electron chi connectivity index (χ0n) is 12.7. The van der Waals surface area contributed by atoms with Crippen LogP contribution < -0.4 is 10.9 Å². The Balaban J connectivity index is 1.83. The van der Waals surface area contributed by atoms with Crippen molar-refractivity contribution in [2.45, 2.75) is 45.7 Å². The van der Waals surface area contributed by atoms with Crippen molar-refractivity contribution in [3.63, 3.8) is 0 Å². The maximum absolute atomic E-state index is 12.2. The summed E-state index contributed by atoms with van der Waals surface area (Å²) in [5.41, 5.74) is 4.51. The lowest BCUT2D eigenvalue weighted by Crippen LogP contribution is -2.22. The minimum atomic E-state index is 0.0380. The first-order valence-electron chi connectivity index (χ1n) is 7.67. The van der Waals surface area contributed by atoms with Crippen LogP contribution in [0.5, 0.6) is 0 Å². The van der Waals surface area contributed by atoms with Gasteiger partial charge in [-0.05, 0) is 50.3 Å². The first kappa shape index (κ1) is 13.9. The van der Waals surface area contributed by atoms with Crippen LogP contribution in [0.2, 0.25) is 0 Å². The Morgan fingerprint density at radius 2 is 2.14 bits per heavy atom. The monoisotopic (exact) mass is 286 g/mol. The number of fused-ring (bicyclic) bond motifs is 1. The summed E-state index contributed by atoms with van der Waals surface area (Å²) < 4.78 is 3.67. The fraction of sp³-hybridized carbons (Fsp3) is 0.500. The number of pyridine rings is 1. The predicted molar refractivity (Wildman–Crippen MR) is 83.6 cm³/mol. The minimum Gasteiger partial charge on any atom is -0.375 e. The van der Waals surface area contributed by atoms with E-state index in [9.17, 15) is 4.79 Å². The molecule has 0 aromatic carbocycles. The highest BCUT2D eigenvalue weighted by atomic mass is 16.1. The summed E-state index contributed by atoms with van der Waals surface area (Å²) in [6.07, 6.45) is 6.47. The molecule has 0 spiro atoms. The Labute approximate surface area is 124 Å². The van der Waals surface area contributed by atoms with Gasteiger partial charge in [-0.25, -0.2) is 0 Å². The van der Waals surface area contributed by atoms with Crippen molar-refractivity contribution in [1.82, 2.24) is 14.3 Å². The zero-order chi connectivity index (χ0) is 14.8. The van der Waals surface area contributed by atoms with E-state index in [1.165, 1.54) is 29.8 Å². The summed E-state index contributed by atoms with van der Waals surface area (Å²) in [7, 11) is 1.99. The quantitative estimate of drug-likeness (QED) is 0.936. The molecule has 5 nitrogen and oxygen atoms in total. The summed E-state index contributed by atoms with van der Waals surface area (Å²) in [6.45, 7) is 3.32. The van der Waals surface area contributed by atoms with E-state index in [4.69, 9.17) is 0 Å². The van der Waals surface area contributed by atoms with Crippen molar-refractivity contribution >= 4 is 5.69 Å². The van der Waals surface area contributed by atoms with Crippen LogP contribution >= 0.6 is 0 Å². The van der Waals surface area contributed by atoms with E-state index in [-0.39, 0.29) is 5.56 Å². The average Bonchev–Trinajstić information content (AvgIpc) is 2.82. The van der Waals surface area contributed by atoms with Crippen molar-refractivity contribution in [3.8, 4) is 0 Å². The van der Waals surface area contributed by atoms with Gasteiger partial charge in [0.1, 0.15) is 5.69 Å². The third-order valence-corrected chi connectivity index (χ3v) is 4.26. The van der Waals surface area contributed by atoms with Gasteiger partial charge in [0.15, 0.2) is 0 Å². The molecule has 2 aromatic heterocycles. The van der Waals surface area contributed by atoms with E-state index >= 15 is 0 Å². The average molecular weight is 286 g/mol. The van der Waals surface area contributed by atoms with E-state index in [2.05, 4.69) is 10.4 Å². The summed E-state index contributed by atoms with van der Waals surface area (Å²) >= 11 is 0. The van der Waals surface area contributed by atoms with Crippen LogP contribution in [0.15, 0.2) is 23.1 Å². The second kappa shape index (κ2) is 5.76. The summed E-state index contributed by atoms with van der Waals surface area (Å²) in [5, 5.41) is 7.90. The van der Waals surface area contributed by atoms with Crippen molar-refractivity contribution in [2.75, 3.05) is 5.32 Å². The van der Waals surface area contributed by atoms with Crippen LogP contribution in [0.1, 0.15) is 36.7 Å².